The molecule has 0 aromatic heterocycles. The van der Waals surface area contributed by atoms with Gasteiger partial charge in [0.15, 0.2) is 0 Å². The number of amides is 3. The van der Waals surface area contributed by atoms with Crippen LogP contribution < -0.4 is 16.0 Å². The van der Waals surface area contributed by atoms with Gasteiger partial charge < -0.3 is 35.4 Å². The van der Waals surface area contributed by atoms with E-state index < -0.39 is 6.09 Å². The first-order chi connectivity index (χ1) is 15.9. The summed E-state index contributed by atoms with van der Waals surface area (Å²) >= 11 is 6.14. The molecule has 3 amide bonds. The Labute approximate surface area is 201 Å². The van der Waals surface area contributed by atoms with Gasteiger partial charge in [-0.05, 0) is 56.3 Å². The number of urea groups is 1. The van der Waals surface area contributed by atoms with E-state index >= 15 is 0 Å². The molecular weight excluding hydrogens is 448 g/mol. The zero-order chi connectivity index (χ0) is 24.1. The molecule has 1 saturated heterocycles. The summed E-state index contributed by atoms with van der Waals surface area (Å²) in [7, 11) is 3.64. The van der Waals surface area contributed by atoms with Gasteiger partial charge in [-0.3, -0.25) is 0 Å². The van der Waals surface area contributed by atoms with E-state index in [4.69, 9.17) is 26.2 Å². The highest BCUT2D eigenvalue weighted by molar-refractivity contribution is 6.30. The average molecular weight is 485 g/mol. The van der Waals surface area contributed by atoms with Crippen LogP contribution in [0.15, 0.2) is 24.3 Å². The number of benzene rings is 1. The third-order valence-corrected chi connectivity index (χ3v) is 5.88. The van der Waals surface area contributed by atoms with Crippen LogP contribution in [0.25, 0.3) is 0 Å². The van der Waals surface area contributed by atoms with Crippen LogP contribution in [-0.4, -0.2) is 81.7 Å². The SMILES string of the molecule is CNC[C@H](C[C@H]1CCCOC1)NC(=O)N(C)CC[C@@H](OCCNC(=O)O)c1cccc(Cl)c1. The van der Waals surface area contributed by atoms with Gasteiger partial charge in [-0.1, -0.05) is 23.7 Å². The first kappa shape index (κ1) is 27.2. The van der Waals surface area contributed by atoms with Crippen LogP contribution in [0.3, 0.4) is 0 Å². The van der Waals surface area contributed by atoms with Crippen molar-refractivity contribution in [2.24, 2.45) is 5.92 Å². The Kier molecular flexibility index (Phi) is 12.3. The number of carboxylic acid groups (broad SMARTS) is 1. The van der Waals surface area contributed by atoms with Gasteiger partial charge in [-0.15, -0.1) is 0 Å². The molecule has 1 aliphatic heterocycles. The van der Waals surface area contributed by atoms with Gasteiger partial charge >= 0.3 is 12.1 Å². The normalized spacial score (nSPS) is 17.7. The summed E-state index contributed by atoms with van der Waals surface area (Å²) in [6.07, 6.45) is 2.21. The average Bonchev–Trinajstić information content (AvgIpc) is 2.79. The number of hydrogen-bond donors (Lipinski definition) is 4. The van der Waals surface area contributed by atoms with E-state index in [0.717, 1.165) is 38.0 Å². The molecule has 10 heteroatoms. The second-order valence-corrected chi connectivity index (χ2v) is 8.82. The Bertz CT molecular complexity index is 733. The van der Waals surface area contributed by atoms with Crippen molar-refractivity contribution >= 4 is 23.7 Å². The third-order valence-electron chi connectivity index (χ3n) is 5.64. The Morgan fingerprint density at radius 3 is 2.88 bits per heavy atom. The largest absolute Gasteiger partial charge is 0.465 e. The van der Waals surface area contributed by atoms with Crippen molar-refractivity contribution in [3.05, 3.63) is 34.9 Å². The molecule has 0 unspecified atom stereocenters. The lowest BCUT2D eigenvalue weighted by molar-refractivity contribution is 0.0434. The molecule has 1 aliphatic rings. The van der Waals surface area contributed by atoms with Crippen LogP contribution in [0.2, 0.25) is 5.02 Å². The van der Waals surface area contributed by atoms with E-state index in [2.05, 4.69) is 16.0 Å². The molecule has 1 aromatic carbocycles. The van der Waals surface area contributed by atoms with Crippen LogP contribution in [0.1, 0.15) is 37.4 Å². The Morgan fingerprint density at radius 1 is 1.39 bits per heavy atom. The van der Waals surface area contributed by atoms with Gasteiger partial charge in [0.1, 0.15) is 0 Å². The lowest BCUT2D eigenvalue weighted by atomic mass is 9.94. The van der Waals surface area contributed by atoms with Crippen molar-refractivity contribution in [2.75, 3.05) is 53.6 Å². The summed E-state index contributed by atoms with van der Waals surface area (Å²) < 4.78 is 11.5. The Morgan fingerprint density at radius 2 is 2.21 bits per heavy atom. The molecule has 3 atom stereocenters. The summed E-state index contributed by atoms with van der Waals surface area (Å²) in [6.45, 7) is 3.13. The molecular formula is C23H37ClN4O5. The number of ether oxygens (including phenoxy) is 2. The maximum atomic E-state index is 12.8. The zero-order valence-corrected chi connectivity index (χ0v) is 20.3. The third kappa shape index (κ3) is 10.6. The molecule has 1 fully saturated rings. The van der Waals surface area contributed by atoms with E-state index in [1.807, 2.05) is 25.2 Å². The first-order valence-corrected chi connectivity index (χ1v) is 11.8. The molecule has 0 radical (unpaired) electrons. The van der Waals surface area contributed by atoms with Gasteiger partial charge in [0.05, 0.1) is 12.7 Å². The van der Waals surface area contributed by atoms with Crippen molar-refractivity contribution in [3.8, 4) is 0 Å². The smallest absolute Gasteiger partial charge is 0.404 e. The molecule has 1 heterocycles. The monoisotopic (exact) mass is 484 g/mol. The predicted molar refractivity (Wildman–Crippen MR) is 128 cm³/mol. The number of rotatable bonds is 13. The lowest BCUT2D eigenvalue weighted by Crippen LogP contribution is -2.48. The van der Waals surface area contributed by atoms with E-state index in [1.54, 1.807) is 18.0 Å². The van der Waals surface area contributed by atoms with Crippen molar-refractivity contribution < 1.29 is 24.2 Å². The van der Waals surface area contributed by atoms with E-state index in [9.17, 15) is 9.59 Å². The Hall–Kier alpha value is -2.07. The zero-order valence-electron chi connectivity index (χ0n) is 19.5. The standard InChI is InChI=1S/C23H37ClN4O5/c1-25-15-20(13-17-5-4-11-32-16-17)27-22(29)28(2)10-8-21(33-12-9-26-23(30)31)18-6-3-7-19(24)14-18/h3,6-7,14,17,20-21,25-26H,4-5,8-13,15-16H2,1-2H3,(H,27,29)(H,30,31)/t17-,20+,21-/m1/s1. The minimum Gasteiger partial charge on any atom is -0.465 e. The van der Waals surface area contributed by atoms with Gasteiger partial charge in [-0.25, -0.2) is 9.59 Å². The summed E-state index contributed by atoms with van der Waals surface area (Å²) in [5.74, 6) is 0.461. The summed E-state index contributed by atoms with van der Waals surface area (Å²) in [5.41, 5.74) is 0.886. The van der Waals surface area contributed by atoms with Crippen molar-refractivity contribution in [3.63, 3.8) is 0 Å². The fourth-order valence-corrected chi connectivity index (χ4v) is 4.14. The van der Waals surface area contributed by atoms with Crippen LogP contribution in [0.5, 0.6) is 0 Å². The number of nitrogens with one attached hydrogen (secondary N) is 3. The van der Waals surface area contributed by atoms with Gasteiger partial charge in [0.2, 0.25) is 0 Å². The van der Waals surface area contributed by atoms with Crippen LogP contribution >= 0.6 is 11.6 Å². The van der Waals surface area contributed by atoms with Crippen LogP contribution in [0.4, 0.5) is 9.59 Å². The highest BCUT2D eigenvalue weighted by Gasteiger charge is 2.22. The summed E-state index contributed by atoms with van der Waals surface area (Å²) in [6, 6.07) is 7.26. The number of hydrogen-bond acceptors (Lipinski definition) is 5. The summed E-state index contributed by atoms with van der Waals surface area (Å²) in [5, 5.41) is 17.9. The number of halogens is 1. The molecule has 186 valence electrons. The molecule has 4 N–H and O–H groups in total. The lowest BCUT2D eigenvalue weighted by Gasteiger charge is -2.29. The molecule has 1 aromatic rings. The van der Waals surface area contributed by atoms with Crippen molar-refractivity contribution in [2.45, 2.75) is 37.8 Å². The molecule has 0 saturated carbocycles. The topological polar surface area (TPSA) is 112 Å². The quantitative estimate of drug-likeness (QED) is 0.320. The number of carbonyl (C=O) groups excluding carboxylic acids is 1. The predicted octanol–water partition coefficient (Wildman–Crippen LogP) is 3.10. The molecule has 9 nitrogen and oxygen atoms in total. The minimum atomic E-state index is -1.09. The number of carbonyl (C=O) groups is 2. The molecule has 0 bridgehead atoms. The van der Waals surface area contributed by atoms with Gasteiger partial charge in [0, 0.05) is 51.0 Å². The number of likely N-dealkylation sites (N-methyl/N-ethyl adjacent to an activating group) is 1. The van der Waals surface area contributed by atoms with E-state index in [0.29, 0.717) is 30.5 Å². The summed E-state index contributed by atoms with van der Waals surface area (Å²) in [4.78, 5) is 25.1. The maximum absolute atomic E-state index is 12.8. The highest BCUT2D eigenvalue weighted by Crippen LogP contribution is 2.24. The molecule has 33 heavy (non-hydrogen) atoms. The minimum absolute atomic E-state index is 0.0266. The van der Waals surface area contributed by atoms with E-state index in [-0.39, 0.29) is 31.3 Å². The van der Waals surface area contributed by atoms with Crippen LogP contribution in [-0.2, 0) is 9.47 Å². The fraction of sp³-hybridized carbons (Fsp3) is 0.652. The molecule has 2 rings (SSSR count). The molecule has 0 spiro atoms. The second kappa shape index (κ2) is 15.0. The molecule has 0 aliphatic carbocycles. The van der Waals surface area contributed by atoms with Crippen LogP contribution in [0, 0.1) is 5.92 Å². The van der Waals surface area contributed by atoms with Gasteiger partial charge in [0.25, 0.3) is 0 Å². The first-order valence-electron chi connectivity index (χ1n) is 11.5. The highest BCUT2D eigenvalue weighted by atomic mass is 35.5. The number of nitrogens with zero attached hydrogens (tertiary/aromatic N) is 1. The second-order valence-electron chi connectivity index (χ2n) is 8.38. The van der Waals surface area contributed by atoms with E-state index in [1.165, 1.54) is 0 Å². The van der Waals surface area contributed by atoms with Crippen molar-refractivity contribution in [1.82, 2.24) is 20.9 Å². The van der Waals surface area contributed by atoms with Gasteiger partial charge in [-0.2, -0.15) is 0 Å². The fourth-order valence-electron chi connectivity index (χ4n) is 3.94. The van der Waals surface area contributed by atoms with Crippen molar-refractivity contribution in [1.29, 1.82) is 0 Å². The maximum Gasteiger partial charge on any atom is 0.404 e. The Balaban J connectivity index is 1.89.